The van der Waals surface area contributed by atoms with E-state index in [1.165, 1.54) is 0 Å². The van der Waals surface area contributed by atoms with Crippen molar-refractivity contribution in [1.82, 2.24) is 0 Å². The van der Waals surface area contributed by atoms with Gasteiger partial charge in [-0.25, -0.2) is 0 Å². The van der Waals surface area contributed by atoms with E-state index >= 15 is 0 Å². The fourth-order valence-electron chi connectivity index (χ4n) is 0.940. The molecule has 6 nitrogen and oxygen atoms in total. The lowest BCUT2D eigenvalue weighted by molar-refractivity contribution is -0.176. The molecule has 18 heavy (non-hydrogen) atoms. The summed E-state index contributed by atoms with van der Waals surface area (Å²) < 4.78 is 0. The highest BCUT2D eigenvalue weighted by molar-refractivity contribution is 6.16. The minimum Gasteiger partial charge on any atom is -0.301 e. The van der Waals surface area contributed by atoms with Gasteiger partial charge in [-0.2, -0.15) is 0 Å². The van der Waals surface area contributed by atoms with Crippen molar-refractivity contribution >= 4 is 22.8 Å². The van der Waals surface area contributed by atoms with Crippen LogP contribution in [-0.2, 0) is 0 Å². The zero-order valence-electron chi connectivity index (χ0n) is 9.51. The quantitative estimate of drug-likeness (QED) is 0.222. The maximum absolute atomic E-state index is 7.01. The van der Waals surface area contributed by atoms with E-state index in [1.54, 1.807) is 48.6 Å². The largest absolute Gasteiger partial charge is 0.301 e. The van der Waals surface area contributed by atoms with Crippen LogP contribution in [0.25, 0.3) is 0 Å². The molecule has 0 aromatic heterocycles. The van der Waals surface area contributed by atoms with Crippen molar-refractivity contribution in [3.8, 4) is 0 Å². The van der Waals surface area contributed by atoms with Crippen LogP contribution in [0.15, 0.2) is 48.6 Å². The molecule has 0 aromatic rings. The molecule has 0 radical (unpaired) electrons. The molecule has 0 saturated heterocycles. The Balaban J connectivity index is 0.000000283. The van der Waals surface area contributed by atoms with E-state index in [1.807, 2.05) is 0 Å². The highest BCUT2D eigenvalue weighted by Crippen LogP contribution is 1.92. The van der Waals surface area contributed by atoms with E-state index in [-0.39, 0.29) is 0 Å². The maximum Gasteiger partial charge on any atom is 0.0541 e. The Labute approximate surface area is 104 Å². The molecule has 0 unspecified atom stereocenters. The molecule has 0 aliphatic heterocycles. The van der Waals surface area contributed by atoms with Crippen LogP contribution >= 0.6 is 0 Å². The van der Waals surface area contributed by atoms with Gasteiger partial charge in [0.25, 0.3) is 0 Å². The smallest absolute Gasteiger partial charge is 0.0541 e. The van der Waals surface area contributed by atoms with Crippen molar-refractivity contribution < 1.29 is 10.5 Å². The van der Waals surface area contributed by atoms with E-state index in [0.29, 0.717) is 22.8 Å². The van der Waals surface area contributed by atoms with Crippen LogP contribution in [0.5, 0.6) is 0 Å². The first-order chi connectivity index (χ1) is 8.58. The van der Waals surface area contributed by atoms with Crippen LogP contribution in [0.3, 0.4) is 0 Å². The SMILES string of the molecule is N=C1C=CC(=N)C=C1.N=C1C=CC(=N)C=C1.OO. The Hall–Kier alpha value is -2.44. The molecule has 0 aromatic carbocycles. The monoisotopic (exact) mass is 246 g/mol. The molecule has 0 amide bonds. The van der Waals surface area contributed by atoms with Gasteiger partial charge in [0.1, 0.15) is 0 Å². The van der Waals surface area contributed by atoms with E-state index in [2.05, 4.69) is 0 Å². The van der Waals surface area contributed by atoms with Gasteiger partial charge in [-0.15, -0.1) is 0 Å². The molecule has 2 rings (SSSR count). The first-order valence-corrected chi connectivity index (χ1v) is 4.84. The topological polar surface area (TPSA) is 136 Å². The van der Waals surface area contributed by atoms with Gasteiger partial charge in [0.2, 0.25) is 0 Å². The van der Waals surface area contributed by atoms with Gasteiger partial charge in [-0.1, -0.05) is 0 Å². The number of allylic oxidation sites excluding steroid dienone is 8. The summed E-state index contributed by atoms with van der Waals surface area (Å²) in [7, 11) is 0. The van der Waals surface area contributed by atoms with E-state index in [0.717, 1.165) is 0 Å². The van der Waals surface area contributed by atoms with E-state index in [9.17, 15) is 0 Å². The third-order valence-corrected chi connectivity index (χ3v) is 1.77. The van der Waals surface area contributed by atoms with Gasteiger partial charge in [-0.3, -0.25) is 10.5 Å². The molecule has 0 heterocycles. The molecule has 0 atom stereocenters. The minimum atomic E-state index is 0.459. The molecular weight excluding hydrogens is 232 g/mol. The molecular formula is C12H14N4O2. The van der Waals surface area contributed by atoms with Gasteiger partial charge in [0.15, 0.2) is 0 Å². The van der Waals surface area contributed by atoms with Gasteiger partial charge >= 0.3 is 0 Å². The van der Waals surface area contributed by atoms with Gasteiger partial charge in [0, 0.05) is 0 Å². The lowest BCUT2D eigenvalue weighted by Crippen LogP contribution is -1.95. The number of hydrogen-bond donors (Lipinski definition) is 6. The first-order valence-electron chi connectivity index (χ1n) is 4.84. The average Bonchev–Trinajstić information content (AvgIpc) is 2.40. The zero-order chi connectivity index (χ0) is 14.0. The summed E-state index contributed by atoms with van der Waals surface area (Å²) in [5.74, 6) is 0. The van der Waals surface area contributed by atoms with Crippen LogP contribution in [0.1, 0.15) is 0 Å². The van der Waals surface area contributed by atoms with Gasteiger partial charge in [-0.05, 0) is 48.6 Å². The summed E-state index contributed by atoms with van der Waals surface area (Å²) in [6.07, 6.45) is 12.8. The van der Waals surface area contributed by atoms with Crippen molar-refractivity contribution in [3.63, 3.8) is 0 Å². The molecule has 94 valence electrons. The third-order valence-electron chi connectivity index (χ3n) is 1.77. The molecule has 0 bridgehead atoms. The lowest BCUT2D eigenvalue weighted by Gasteiger charge is -1.93. The van der Waals surface area contributed by atoms with Crippen molar-refractivity contribution in [2.75, 3.05) is 0 Å². The van der Waals surface area contributed by atoms with Gasteiger partial charge in [0.05, 0.1) is 22.8 Å². The standard InChI is InChI=1S/2C6H6N2.H2O2/c2*7-5-1-2-6(8)4-3-5;1-2/h2*1-4,7-8H;1-2H. The number of hydrogen-bond acceptors (Lipinski definition) is 6. The highest BCUT2D eigenvalue weighted by atomic mass is 17.0. The molecule has 0 spiro atoms. The molecule has 2 aliphatic rings. The fourth-order valence-corrected chi connectivity index (χ4v) is 0.940. The Bertz CT molecular complexity index is 350. The third kappa shape index (κ3) is 6.94. The van der Waals surface area contributed by atoms with Crippen molar-refractivity contribution in [2.45, 2.75) is 0 Å². The van der Waals surface area contributed by atoms with Crippen LogP contribution in [0, 0.1) is 21.6 Å². The Morgan fingerprint density at radius 2 is 0.556 bits per heavy atom. The van der Waals surface area contributed by atoms with Crippen molar-refractivity contribution in [2.24, 2.45) is 0 Å². The van der Waals surface area contributed by atoms with Crippen LogP contribution in [0.4, 0.5) is 0 Å². The summed E-state index contributed by atoms with van der Waals surface area (Å²) in [6, 6.07) is 0. The summed E-state index contributed by atoms with van der Waals surface area (Å²) in [5, 5.41) is 40.0. The van der Waals surface area contributed by atoms with E-state index in [4.69, 9.17) is 32.2 Å². The predicted octanol–water partition coefficient (Wildman–Crippen LogP) is 2.32. The lowest BCUT2D eigenvalue weighted by atomic mass is 10.2. The Morgan fingerprint density at radius 3 is 0.667 bits per heavy atom. The predicted molar refractivity (Wildman–Crippen MR) is 72.7 cm³/mol. The summed E-state index contributed by atoms with van der Waals surface area (Å²) >= 11 is 0. The molecule has 0 saturated carbocycles. The molecule has 6 N–H and O–H groups in total. The second-order valence-electron chi connectivity index (χ2n) is 3.15. The number of nitrogens with one attached hydrogen (secondary N) is 4. The molecule has 0 fully saturated rings. The van der Waals surface area contributed by atoms with Crippen molar-refractivity contribution in [1.29, 1.82) is 21.6 Å². The van der Waals surface area contributed by atoms with Crippen LogP contribution < -0.4 is 0 Å². The van der Waals surface area contributed by atoms with E-state index < -0.39 is 0 Å². The summed E-state index contributed by atoms with van der Waals surface area (Å²) in [6.45, 7) is 0. The second-order valence-corrected chi connectivity index (χ2v) is 3.15. The van der Waals surface area contributed by atoms with Crippen LogP contribution in [0.2, 0.25) is 0 Å². The summed E-state index contributed by atoms with van der Waals surface area (Å²) in [4.78, 5) is 0. The summed E-state index contributed by atoms with van der Waals surface area (Å²) in [5.41, 5.74) is 1.84. The first kappa shape index (κ1) is 15.6. The zero-order valence-corrected chi connectivity index (χ0v) is 9.51. The Kier molecular flexibility index (Phi) is 7.51. The highest BCUT2D eigenvalue weighted by Gasteiger charge is 1.92. The maximum atomic E-state index is 7.01. The minimum absolute atomic E-state index is 0.459. The average molecular weight is 246 g/mol. The van der Waals surface area contributed by atoms with Crippen molar-refractivity contribution in [3.05, 3.63) is 48.6 Å². The van der Waals surface area contributed by atoms with Gasteiger partial charge < -0.3 is 21.6 Å². The normalized spacial score (nSPS) is 15.9. The molecule has 2 aliphatic carbocycles. The molecule has 6 heteroatoms. The fraction of sp³-hybridized carbons (Fsp3) is 0. The van der Waals surface area contributed by atoms with Crippen LogP contribution in [-0.4, -0.2) is 33.4 Å². The number of rotatable bonds is 0. The second kappa shape index (κ2) is 8.68. The Morgan fingerprint density at radius 1 is 0.444 bits per heavy atom.